The van der Waals surface area contributed by atoms with E-state index in [0.717, 1.165) is 45.3 Å². The van der Waals surface area contributed by atoms with Gasteiger partial charge in [0.1, 0.15) is 0 Å². The van der Waals surface area contributed by atoms with Crippen LogP contribution in [0.4, 0.5) is 0 Å². The number of aliphatic imine (C=N–C) groups is 1. The molecule has 1 aromatic carbocycles. The number of nitrogens with zero attached hydrogens (tertiary/aromatic N) is 3. The van der Waals surface area contributed by atoms with Gasteiger partial charge in [0.05, 0.1) is 12.8 Å². The van der Waals surface area contributed by atoms with Crippen LogP contribution < -0.4 is 11.1 Å². The van der Waals surface area contributed by atoms with Gasteiger partial charge in [0, 0.05) is 38.3 Å². The molecule has 3 rings (SSSR count). The van der Waals surface area contributed by atoms with E-state index in [-0.39, 0.29) is 30.0 Å². The highest BCUT2D eigenvalue weighted by Gasteiger charge is 2.31. The van der Waals surface area contributed by atoms with Crippen molar-refractivity contribution in [2.24, 2.45) is 10.7 Å². The van der Waals surface area contributed by atoms with Crippen molar-refractivity contribution in [1.29, 1.82) is 0 Å². The van der Waals surface area contributed by atoms with Crippen LogP contribution in [0.2, 0.25) is 0 Å². The molecule has 158 valence electrons. The topological polar surface area (TPSA) is 91.0 Å². The summed E-state index contributed by atoms with van der Waals surface area (Å²) in [7, 11) is -3.16. The smallest absolute Gasteiger partial charge is 0.211 e. The lowest BCUT2D eigenvalue weighted by Crippen LogP contribution is -2.47. The molecule has 0 spiro atoms. The van der Waals surface area contributed by atoms with Crippen molar-refractivity contribution in [3.05, 3.63) is 35.9 Å². The molecule has 28 heavy (non-hydrogen) atoms. The standard InChI is InChI=1S/C19H31N5O2S.HI/c1-27(25,26)24-11-5-8-18(24)14-21-19(20)22-17-9-12-23(13-10-17)15-16-6-3-2-4-7-16;/h2-4,6-7,17-18H,5,8-15H2,1H3,(H3,20,21,22);1H/t18-;/m1./s1. The van der Waals surface area contributed by atoms with E-state index in [4.69, 9.17) is 5.73 Å². The lowest BCUT2D eigenvalue weighted by atomic mass is 10.0. The molecular weight excluding hydrogens is 489 g/mol. The molecule has 0 bridgehead atoms. The van der Waals surface area contributed by atoms with E-state index in [9.17, 15) is 8.42 Å². The maximum Gasteiger partial charge on any atom is 0.211 e. The molecule has 2 heterocycles. The van der Waals surface area contributed by atoms with E-state index in [1.807, 2.05) is 6.07 Å². The summed E-state index contributed by atoms with van der Waals surface area (Å²) >= 11 is 0. The molecule has 9 heteroatoms. The Balaban J connectivity index is 0.00000280. The van der Waals surface area contributed by atoms with Crippen LogP contribution in [0.25, 0.3) is 0 Å². The van der Waals surface area contributed by atoms with E-state index in [2.05, 4.69) is 39.5 Å². The average molecular weight is 521 g/mol. The summed E-state index contributed by atoms with van der Waals surface area (Å²) in [6.07, 6.45) is 5.06. The molecule has 0 unspecified atom stereocenters. The lowest BCUT2D eigenvalue weighted by molar-refractivity contribution is 0.199. The van der Waals surface area contributed by atoms with Crippen molar-refractivity contribution in [3.63, 3.8) is 0 Å². The molecule has 0 amide bonds. The van der Waals surface area contributed by atoms with E-state index in [1.54, 1.807) is 4.31 Å². The summed E-state index contributed by atoms with van der Waals surface area (Å²) in [4.78, 5) is 6.88. The third kappa shape index (κ3) is 6.85. The molecule has 0 saturated carbocycles. The molecule has 2 aliphatic rings. The van der Waals surface area contributed by atoms with Gasteiger partial charge in [-0.3, -0.25) is 9.89 Å². The number of nitrogens with one attached hydrogen (secondary N) is 1. The number of benzene rings is 1. The predicted molar refractivity (Wildman–Crippen MR) is 124 cm³/mol. The van der Waals surface area contributed by atoms with Crippen molar-refractivity contribution in [2.45, 2.75) is 44.3 Å². The molecule has 0 aromatic heterocycles. The number of hydrogen-bond acceptors (Lipinski definition) is 4. The minimum absolute atomic E-state index is 0. The molecule has 2 fully saturated rings. The highest BCUT2D eigenvalue weighted by Crippen LogP contribution is 2.20. The summed E-state index contributed by atoms with van der Waals surface area (Å²) in [6.45, 7) is 4.07. The Bertz CT molecular complexity index is 736. The second-order valence-corrected chi connectivity index (χ2v) is 9.51. The Morgan fingerprint density at radius 2 is 1.86 bits per heavy atom. The Labute approximate surface area is 185 Å². The van der Waals surface area contributed by atoms with Gasteiger partial charge in [0.25, 0.3) is 0 Å². The Morgan fingerprint density at radius 1 is 1.18 bits per heavy atom. The molecule has 7 nitrogen and oxygen atoms in total. The third-order valence-corrected chi connectivity index (χ3v) is 6.74. The number of nitrogens with two attached hydrogens (primary N) is 1. The maximum atomic E-state index is 11.8. The molecule has 3 N–H and O–H groups in total. The first kappa shape index (κ1) is 23.4. The molecular formula is C19H32IN5O2S. The van der Waals surface area contributed by atoms with Crippen LogP contribution >= 0.6 is 24.0 Å². The van der Waals surface area contributed by atoms with Crippen molar-refractivity contribution < 1.29 is 8.42 Å². The van der Waals surface area contributed by atoms with Crippen LogP contribution in [0.5, 0.6) is 0 Å². The van der Waals surface area contributed by atoms with E-state index >= 15 is 0 Å². The van der Waals surface area contributed by atoms with Crippen LogP contribution in [0, 0.1) is 0 Å². The van der Waals surface area contributed by atoms with Crippen LogP contribution in [0.15, 0.2) is 35.3 Å². The zero-order valence-electron chi connectivity index (χ0n) is 16.5. The van der Waals surface area contributed by atoms with Gasteiger partial charge in [-0.1, -0.05) is 30.3 Å². The van der Waals surface area contributed by atoms with Crippen LogP contribution in [-0.4, -0.2) is 68.1 Å². The zero-order chi connectivity index (χ0) is 19.3. The van der Waals surface area contributed by atoms with Gasteiger partial charge in [-0.05, 0) is 31.2 Å². The summed E-state index contributed by atoms with van der Waals surface area (Å²) < 4.78 is 25.1. The van der Waals surface area contributed by atoms with Gasteiger partial charge in [-0.15, -0.1) is 24.0 Å². The van der Waals surface area contributed by atoms with Crippen molar-refractivity contribution in [2.75, 3.05) is 32.4 Å². The third-order valence-electron chi connectivity index (χ3n) is 5.41. The summed E-state index contributed by atoms with van der Waals surface area (Å²) in [5.41, 5.74) is 7.40. The number of guanidine groups is 1. The quantitative estimate of drug-likeness (QED) is 0.337. The normalized spacial score (nSPS) is 22.8. The van der Waals surface area contributed by atoms with E-state index in [0.29, 0.717) is 25.1 Å². The summed E-state index contributed by atoms with van der Waals surface area (Å²) in [5.74, 6) is 0.428. The predicted octanol–water partition coefficient (Wildman–Crippen LogP) is 1.60. The highest BCUT2D eigenvalue weighted by atomic mass is 127. The lowest BCUT2D eigenvalue weighted by Gasteiger charge is -2.32. The Kier molecular flexibility index (Phi) is 8.97. The maximum absolute atomic E-state index is 11.8. The second kappa shape index (κ2) is 10.7. The number of piperidine rings is 1. The summed E-state index contributed by atoms with van der Waals surface area (Å²) in [6, 6.07) is 10.8. The first-order valence-electron chi connectivity index (χ1n) is 9.71. The summed E-state index contributed by atoms with van der Waals surface area (Å²) in [5, 5.41) is 3.31. The fraction of sp³-hybridized carbons (Fsp3) is 0.632. The Hall–Kier alpha value is -0.910. The molecule has 0 radical (unpaired) electrons. The van der Waals surface area contributed by atoms with Gasteiger partial charge in [-0.25, -0.2) is 8.42 Å². The van der Waals surface area contributed by atoms with Crippen LogP contribution in [0.1, 0.15) is 31.2 Å². The number of likely N-dealkylation sites (tertiary alicyclic amines) is 1. The van der Waals surface area contributed by atoms with Crippen molar-refractivity contribution in [3.8, 4) is 0 Å². The molecule has 2 aliphatic heterocycles. The number of rotatable bonds is 6. The number of hydrogen-bond donors (Lipinski definition) is 2. The van der Waals surface area contributed by atoms with Gasteiger partial charge < -0.3 is 11.1 Å². The highest BCUT2D eigenvalue weighted by molar-refractivity contribution is 14.0. The minimum Gasteiger partial charge on any atom is -0.370 e. The molecule has 0 aliphatic carbocycles. The first-order valence-corrected chi connectivity index (χ1v) is 11.6. The van der Waals surface area contributed by atoms with Crippen LogP contribution in [0.3, 0.4) is 0 Å². The SMILES string of the molecule is CS(=O)(=O)N1CCC[C@@H]1CN=C(N)NC1CCN(Cc2ccccc2)CC1.I. The fourth-order valence-electron chi connectivity index (χ4n) is 3.96. The largest absolute Gasteiger partial charge is 0.370 e. The van der Waals surface area contributed by atoms with Gasteiger partial charge in [0.2, 0.25) is 10.0 Å². The van der Waals surface area contributed by atoms with E-state index < -0.39 is 10.0 Å². The molecule has 1 aromatic rings. The minimum atomic E-state index is -3.16. The second-order valence-electron chi connectivity index (χ2n) is 7.58. The zero-order valence-corrected chi connectivity index (χ0v) is 19.6. The number of sulfonamides is 1. The average Bonchev–Trinajstić information content (AvgIpc) is 3.12. The first-order chi connectivity index (χ1) is 12.9. The number of halogens is 1. The van der Waals surface area contributed by atoms with Gasteiger partial charge in [0.15, 0.2) is 5.96 Å². The van der Waals surface area contributed by atoms with Gasteiger partial charge >= 0.3 is 0 Å². The fourth-order valence-corrected chi connectivity index (χ4v) is 5.14. The van der Waals surface area contributed by atoms with E-state index in [1.165, 1.54) is 11.8 Å². The molecule has 1 atom stereocenters. The van der Waals surface area contributed by atoms with Crippen molar-refractivity contribution >= 4 is 40.0 Å². The Morgan fingerprint density at radius 3 is 2.50 bits per heavy atom. The van der Waals surface area contributed by atoms with Gasteiger partial charge in [-0.2, -0.15) is 4.31 Å². The van der Waals surface area contributed by atoms with Crippen LogP contribution in [-0.2, 0) is 16.6 Å². The van der Waals surface area contributed by atoms with Crippen molar-refractivity contribution in [1.82, 2.24) is 14.5 Å². The molecule has 2 saturated heterocycles. The monoisotopic (exact) mass is 521 g/mol.